The van der Waals surface area contributed by atoms with Gasteiger partial charge in [0, 0.05) is 42.0 Å². The Kier molecular flexibility index (Phi) is 5.48. The molecule has 1 fully saturated rings. The number of rotatable bonds is 5. The van der Waals surface area contributed by atoms with Gasteiger partial charge >= 0.3 is 5.63 Å². The smallest absolute Gasteiger partial charge is 0.336 e. The van der Waals surface area contributed by atoms with Crippen LogP contribution in [0.25, 0.3) is 11.0 Å². The van der Waals surface area contributed by atoms with E-state index in [9.17, 15) is 9.59 Å². The number of amides is 1. The molecule has 7 nitrogen and oxygen atoms in total. The molecule has 1 aliphatic rings. The van der Waals surface area contributed by atoms with Crippen molar-refractivity contribution in [2.75, 3.05) is 36.5 Å². The van der Waals surface area contributed by atoms with E-state index in [2.05, 4.69) is 10.2 Å². The van der Waals surface area contributed by atoms with Crippen LogP contribution in [0.3, 0.4) is 0 Å². The summed E-state index contributed by atoms with van der Waals surface area (Å²) in [6, 6.07) is 15.9. The van der Waals surface area contributed by atoms with Crippen molar-refractivity contribution in [3.8, 4) is 5.75 Å². The van der Waals surface area contributed by atoms with Crippen molar-refractivity contribution in [2.24, 2.45) is 0 Å². The molecule has 1 N–H and O–H groups in total. The fourth-order valence-electron chi connectivity index (χ4n) is 3.19. The number of benzene rings is 2. The van der Waals surface area contributed by atoms with Gasteiger partial charge in [-0.2, -0.15) is 0 Å². The zero-order valence-corrected chi connectivity index (χ0v) is 16.1. The number of fused-ring (bicyclic) bond motifs is 1. The van der Waals surface area contributed by atoms with Gasteiger partial charge in [0.15, 0.2) is 6.10 Å². The SMILES string of the molecule is C[C@@H](Oc1ccc2ccc(=O)oc2c1)C(=O)Nc1ccc(N2CCOCC2)cc1. The molecule has 2 aromatic carbocycles. The second-order valence-electron chi connectivity index (χ2n) is 6.85. The van der Waals surface area contributed by atoms with Crippen molar-refractivity contribution in [1.29, 1.82) is 0 Å². The molecule has 3 aromatic rings. The minimum atomic E-state index is -0.721. The lowest BCUT2D eigenvalue weighted by Gasteiger charge is -2.29. The van der Waals surface area contributed by atoms with Gasteiger partial charge in [0.25, 0.3) is 5.91 Å². The summed E-state index contributed by atoms with van der Waals surface area (Å²) in [7, 11) is 0. The van der Waals surface area contributed by atoms with E-state index in [0.29, 0.717) is 17.0 Å². The molecule has 1 saturated heterocycles. The first-order chi connectivity index (χ1) is 14.1. The average molecular weight is 394 g/mol. The molecule has 0 saturated carbocycles. The van der Waals surface area contributed by atoms with Crippen LogP contribution in [-0.4, -0.2) is 38.3 Å². The molecule has 0 unspecified atom stereocenters. The lowest BCUT2D eigenvalue weighted by Crippen LogP contribution is -2.36. The topological polar surface area (TPSA) is 81.0 Å². The molecule has 2 heterocycles. The molecule has 1 aromatic heterocycles. The number of carbonyl (C=O) groups is 1. The molecule has 0 radical (unpaired) electrons. The predicted octanol–water partition coefficient (Wildman–Crippen LogP) is 3.04. The van der Waals surface area contributed by atoms with E-state index in [-0.39, 0.29) is 5.91 Å². The van der Waals surface area contributed by atoms with Crippen molar-refractivity contribution >= 4 is 28.3 Å². The summed E-state index contributed by atoms with van der Waals surface area (Å²) in [5.41, 5.74) is 1.79. The molecule has 1 atom stereocenters. The molecule has 0 spiro atoms. The molecule has 29 heavy (non-hydrogen) atoms. The fraction of sp³-hybridized carbons (Fsp3) is 0.273. The van der Waals surface area contributed by atoms with Crippen LogP contribution in [0.4, 0.5) is 11.4 Å². The summed E-state index contributed by atoms with van der Waals surface area (Å²) in [6.07, 6.45) is -0.721. The Labute approximate surface area is 167 Å². The van der Waals surface area contributed by atoms with Crippen molar-refractivity contribution in [3.63, 3.8) is 0 Å². The normalized spacial score (nSPS) is 15.1. The zero-order chi connectivity index (χ0) is 20.2. The number of nitrogens with zero attached hydrogens (tertiary/aromatic N) is 1. The summed E-state index contributed by atoms with van der Waals surface area (Å²) in [5.74, 6) is 0.191. The maximum atomic E-state index is 12.5. The van der Waals surface area contributed by atoms with Gasteiger partial charge in [-0.3, -0.25) is 4.79 Å². The lowest BCUT2D eigenvalue weighted by molar-refractivity contribution is -0.122. The third kappa shape index (κ3) is 4.57. The molecule has 0 aliphatic carbocycles. The van der Waals surface area contributed by atoms with Crippen molar-refractivity contribution in [2.45, 2.75) is 13.0 Å². The van der Waals surface area contributed by atoms with E-state index < -0.39 is 11.7 Å². The van der Waals surface area contributed by atoms with E-state index in [4.69, 9.17) is 13.9 Å². The van der Waals surface area contributed by atoms with Gasteiger partial charge in [-0.25, -0.2) is 4.79 Å². The van der Waals surface area contributed by atoms with E-state index in [1.54, 1.807) is 31.2 Å². The summed E-state index contributed by atoms with van der Waals surface area (Å²) in [4.78, 5) is 26.1. The molecule has 7 heteroatoms. The van der Waals surface area contributed by atoms with E-state index in [0.717, 1.165) is 37.4 Å². The monoisotopic (exact) mass is 394 g/mol. The number of ether oxygens (including phenoxy) is 2. The molecular formula is C22H22N2O5. The third-order valence-electron chi connectivity index (χ3n) is 4.79. The number of hydrogen-bond acceptors (Lipinski definition) is 6. The maximum absolute atomic E-state index is 12.5. The van der Waals surface area contributed by atoms with Gasteiger partial charge in [-0.1, -0.05) is 0 Å². The van der Waals surface area contributed by atoms with Crippen LogP contribution in [0.2, 0.25) is 0 Å². The Morgan fingerprint density at radius 1 is 1.07 bits per heavy atom. The number of carbonyl (C=O) groups excluding carboxylic acids is 1. The molecule has 1 aliphatic heterocycles. The molecule has 0 bridgehead atoms. The van der Waals surface area contributed by atoms with Crippen LogP contribution >= 0.6 is 0 Å². The van der Waals surface area contributed by atoms with E-state index >= 15 is 0 Å². The van der Waals surface area contributed by atoms with Crippen molar-refractivity contribution in [1.82, 2.24) is 0 Å². The Morgan fingerprint density at radius 2 is 1.79 bits per heavy atom. The van der Waals surface area contributed by atoms with Gasteiger partial charge in [-0.15, -0.1) is 0 Å². The first-order valence-electron chi connectivity index (χ1n) is 9.53. The maximum Gasteiger partial charge on any atom is 0.336 e. The van der Waals surface area contributed by atoms with Gasteiger partial charge < -0.3 is 24.1 Å². The minimum Gasteiger partial charge on any atom is -0.481 e. The second kappa shape index (κ2) is 8.36. The Bertz CT molecular complexity index is 1050. The van der Waals surface area contributed by atoms with Gasteiger partial charge in [0.05, 0.1) is 13.2 Å². The average Bonchev–Trinajstić information content (AvgIpc) is 2.74. The third-order valence-corrected chi connectivity index (χ3v) is 4.79. The molecule has 150 valence electrons. The number of nitrogens with one attached hydrogen (secondary N) is 1. The highest BCUT2D eigenvalue weighted by molar-refractivity contribution is 5.94. The lowest BCUT2D eigenvalue weighted by atomic mass is 10.2. The highest BCUT2D eigenvalue weighted by Crippen LogP contribution is 2.22. The van der Waals surface area contributed by atoms with Crippen LogP contribution in [0, 0.1) is 0 Å². The minimum absolute atomic E-state index is 0.265. The largest absolute Gasteiger partial charge is 0.481 e. The Morgan fingerprint density at radius 3 is 2.55 bits per heavy atom. The Hall–Kier alpha value is -3.32. The van der Waals surface area contributed by atoms with Gasteiger partial charge in [0.1, 0.15) is 11.3 Å². The van der Waals surface area contributed by atoms with E-state index in [1.165, 1.54) is 6.07 Å². The number of anilines is 2. The predicted molar refractivity (Wildman–Crippen MR) is 111 cm³/mol. The summed E-state index contributed by atoms with van der Waals surface area (Å²) in [5, 5.41) is 3.64. The number of hydrogen-bond donors (Lipinski definition) is 1. The first kappa shape index (κ1) is 19.0. The van der Waals surface area contributed by atoms with Gasteiger partial charge in [-0.05, 0) is 49.4 Å². The van der Waals surface area contributed by atoms with Gasteiger partial charge in [0.2, 0.25) is 0 Å². The quantitative estimate of drug-likeness (QED) is 0.670. The van der Waals surface area contributed by atoms with Crippen molar-refractivity contribution < 1.29 is 18.7 Å². The first-order valence-corrected chi connectivity index (χ1v) is 9.53. The highest BCUT2D eigenvalue weighted by Gasteiger charge is 2.16. The molecular weight excluding hydrogens is 372 g/mol. The summed E-state index contributed by atoms with van der Waals surface area (Å²) < 4.78 is 16.2. The summed E-state index contributed by atoms with van der Waals surface area (Å²) >= 11 is 0. The standard InChI is InChI=1S/C22H22N2O5/c1-15(28-19-8-2-16-3-9-21(25)29-20(16)14-19)22(26)23-17-4-6-18(7-5-17)24-10-12-27-13-11-24/h2-9,14-15H,10-13H2,1H3,(H,23,26)/t15-/m1/s1. The van der Waals surface area contributed by atoms with E-state index in [1.807, 2.05) is 24.3 Å². The fourth-order valence-corrected chi connectivity index (χ4v) is 3.19. The summed E-state index contributed by atoms with van der Waals surface area (Å²) in [6.45, 7) is 4.85. The van der Waals surface area contributed by atoms with Crippen LogP contribution in [-0.2, 0) is 9.53 Å². The van der Waals surface area contributed by atoms with Crippen LogP contribution in [0.1, 0.15) is 6.92 Å². The van der Waals surface area contributed by atoms with Crippen LogP contribution < -0.4 is 20.6 Å². The molecule has 4 rings (SSSR count). The highest BCUT2D eigenvalue weighted by atomic mass is 16.5. The molecule has 1 amide bonds. The second-order valence-corrected chi connectivity index (χ2v) is 6.85. The van der Waals surface area contributed by atoms with Crippen LogP contribution in [0.5, 0.6) is 5.75 Å². The van der Waals surface area contributed by atoms with Crippen molar-refractivity contribution in [3.05, 3.63) is 65.0 Å². The Balaban J connectivity index is 1.38. The number of morpholine rings is 1. The zero-order valence-electron chi connectivity index (χ0n) is 16.1. The van der Waals surface area contributed by atoms with Crippen LogP contribution in [0.15, 0.2) is 63.8 Å².